The molecule has 1 aliphatic heterocycles. The number of hydrogen-bond donors (Lipinski definition) is 1. The monoisotopic (exact) mass is 152 g/mol. The van der Waals surface area contributed by atoms with Crippen molar-refractivity contribution in [3.8, 4) is 0 Å². The van der Waals surface area contributed by atoms with Crippen LogP contribution in [0.15, 0.2) is 10.7 Å². The molecule has 0 bridgehead atoms. The zero-order valence-electron chi connectivity index (χ0n) is 6.63. The highest BCUT2D eigenvalue weighted by Crippen LogP contribution is 2.11. The fraction of sp³-hybridized carbons (Fsp3) is 0.625. The van der Waals surface area contributed by atoms with Crippen molar-refractivity contribution in [2.24, 2.45) is 5.92 Å². The van der Waals surface area contributed by atoms with Crippen LogP contribution in [0.2, 0.25) is 0 Å². The third-order valence-electron chi connectivity index (χ3n) is 2.03. The van der Waals surface area contributed by atoms with Crippen LogP contribution in [0.25, 0.3) is 0 Å². The molecular formula is C8H12N2O. The van der Waals surface area contributed by atoms with Crippen molar-refractivity contribution in [3.63, 3.8) is 0 Å². The first-order valence-corrected chi connectivity index (χ1v) is 3.96. The van der Waals surface area contributed by atoms with E-state index < -0.39 is 0 Å². The van der Waals surface area contributed by atoms with E-state index in [1.165, 1.54) is 0 Å². The fourth-order valence-corrected chi connectivity index (χ4v) is 1.29. The number of hydrogen-bond acceptors (Lipinski definition) is 3. The first kappa shape index (κ1) is 6.85. The van der Waals surface area contributed by atoms with E-state index in [9.17, 15) is 0 Å². The molecule has 11 heavy (non-hydrogen) atoms. The molecule has 0 aliphatic carbocycles. The number of rotatable bonds is 2. The quantitative estimate of drug-likeness (QED) is 0.679. The standard InChI is InChI=1S/C8H12N2O/c1-6-10-8(5-11-6)2-7-3-9-4-7/h5,7,9H,2-4H2,1H3. The first-order valence-electron chi connectivity index (χ1n) is 3.96. The van der Waals surface area contributed by atoms with Crippen LogP contribution in [-0.4, -0.2) is 18.1 Å². The van der Waals surface area contributed by atoms with Crippen molar-refractivity contribution in [3.05, 3.63) is 17.8 Å². The Balaban J connectivity index is 1.95. The maximum absolute atomic E-state index is 5.10. The lowest BCUT2D eigenvalue weighted by molar-refractivity contribution is 0.344. The smallest absolute Gasteiger partial charge is 0.191 e. The Bertz CT molecular complexity index is 240. The van der Waals surface area contributed by atoms with Gasteiger partial charge in [-0.2, -0.15) is 0 Å². The molecule has 0 atom stereocenters. The number of nitrogens with zero attached hydrogens (tertiary/aromatic N) is 1. The molecule has 3 heteroatoms. The van der Waals surface area contributed by atoms with E-state index in [1.807, 2.05) is 6.92 Å². The molecule has 1 fully saturated rings. The van der Waals surface area contributed by atoms with Crippen LogP contribution in [-0.2, 0) is 6.42 Å². The zero-order valence-corrected chi connectivity index (χ0v) is 6.63. The summed E-state index contributed by atoms with van der Waals surface area (Å²) in [6.45, 7) is 4.14. The van der Waals surface area contributed by atoms with E-state index in [2.05, 4.69) is 10.3 Å². The normalized spacial score (nSPS) is 18.3. The average Bonchev–Trinajstić information content (AvgIpc) is 2.27. The number of aromatic nitrogens is 1. The summed E-state index contributed by atoms with van der Waals surface area (Å²) in [5.74, 6) is 1.55. The van der Waals surface area contributed by atoms with Gasteiger partial charge in [-0.1, -0.05) is 0 Å². The van der Waals surface area contributed by atoms with Gasteiger partial charge in [-0.3, -0.25) is 0 Å². The van der Waals surface area contributed by atoms with Crippen LogP contribution < -0.4 is 5.32 Å². The van der Waals surface area contributed by atoms with Crippen LogP contribution in [0.5, 0.6) is 0 Å². The van der Waals surface area contributed by atoms with Gasteiger partial charge in [0.1, 0.15) is 6.26 Å². The minimum Gasteiger partial charge on any atom is -0.449 e. The summed E-state index contributed by atoms with van der Waals surface area (Å²) in [7, 11) is 0. The van der Waals surface area contributed by atoms with Gasteiger partial charge < -0.3 is 9.73 Å². The molecule has 0 aromatic carbocycles. The van der Waals surface area contributed by atoms with Crippen molar-refractivity contribution >= 4 is 0 Å². The molecule has 1 aromatic rings. The molecule has 0 spiro atoms. The molecular weight excluding hydrogens is 140 g/mol. The van der Waals surface area contributed by atoms with Crippen LogP contribution in [0, 0.1) is 12.8 Å². The van der Waals surface area contributed by atoms with Gasteiger partial charge in [0.15, 0.2) is 5.89 Å². The second-order valence-corrected chi connectivity index (χ2v) is 3.09. The molecule has 0 saturated carbocycles. The van der Waals surface area contributed by atoms with Crippen molar-refractivity contribution in [1.82, 2.24) is 10.3 Å². The maximum atomic E-state index is 5.10. The van der Waals surface area contributed by atoms with Gasteiger partial charge in [-0.15, -0.1) is 0 Å². The highest BCUT2D eigenvalue weighted by Gasteiger charge is 2.18. The van der Waals surface area contributed by atoms with E-state index >= 15 is 0 Å². The van der Waals surface area contributed by atoms with Gasteiger partial charge in [0, 0.05) is 6.92 Å². The summed E-state index contributed by atoms with van der Waals surface area (Å²) in [6.07, 6.45) is 2.82. The van der Waals surface area contributed by atoms with E-state index in [-0.39, 0.29) is 0 Å². The largest absolute Gasteiger partial charge is 0.449 e. The number of nitrogens with one attached hydrogen (secondary N) is 1. The zero-order chi connectivity index (χ0) is 7.68. The average molecular weight is 152 g/mol. The Labute approximate surface area is 65.8 Å². The predicted octanol–water partition coefficient (Wildman–Crippen LogP) is 0.745. The molecule has 1 aliphatic rings. The van der Waals surface area contributed by atoms with Gasteiger partial charge in [-0.25, -0.2) is 4.98 Å². The Morgan fingerprint density at radius 3 is 3.00 bits per heavy atom. The molecule has 1 saturated heterocycles. The topological polar surface area (TPSA) is 38.1 Å². The highest BCUT2D eigenvalue weighted by molar-refractivity contribution is 4.98. The lowest BCUT2D eigenvalue weighted by Crippen LogP contribution is -2.43. The highest BCUT2D eigenvalue weighted by atomic mass is 16.3. The molecule has 3 nitrogen and oxygen atoms in total. The summed E-state index contributed by atoms with van der Waals surface area (Å²) >= 11 is 0. The molecule has 0 radical (unpaired) electrons. The molecule has 60 valence electrons. The SMILES string of the molecule is Cc1nc(CC2CNC2)co1. The third kappa shape index (κ3) is 1.43. The predicted molar refractivity (Wildman–Crippen MR) is 41.3 cm³/mol. The molecule has 1 aromatic heterocycles. The van der Waals surface area contributed by atoms with E-state index in [0.717, 1.165) is 37.0 Å². The summed E-state index contributed by atoms with van der Waals surface area (Å²) in [5.41, 5.74) is 1.09. The summed E-state index contributed by atoms with van der Waals surface area (Å²) in [5, 5.41) is 3.23. The van der Waals surface area contributed by atoms with Crippen LogP contribution >= 0.6 is 0 Å². The van der Waals surface area contributed by atoms with Crippen molar-refractivity contribution < 1.29 is 4.42 Å². The van der Waals surface area contributed by atoms with Crippen LogP contribution in [0.1, 0.15) is 11.6 Å². The van der Waals surface area contributed by atoms with Gasteiger partial charge in [0.05, 0.1) is 5.69 Å². The maximum Gasteiger partial charge on any atom is 0.191 e. The molecule has 1 N–H and O–H groups in total. The second-order valence-electron chi connectivity index (χ2n) is 3.09. The van der Waals surface area contributed by atoms with Crippen molar-refractivity contribution in [1.29, 1.82) is 0 Å². The fourth-order valence-electron chi connectivity index (χ4n) is 1.29. The molecule has 2 heterocycles. The van der Waals surface area contributed by atoms with Crippen LogP contribution in [0.4, 0.5) is 0 Å². The Kier molecular flexibility index (Phi) is 1.66. The first-order chi connectivity index (χ1) is 5.34. The summed E-state index contributed by atoms with van der Waals surface area (Å²) in [4.78, 5) is 4.24. The van der Waals surface area contributed by atoms with Gasteiger partial charge in [-0.05, 0) is 25.4 Å². The van der Waals surface area contributed by atoms with Crippen molar-refractivity contribution in [2.75, 3.05) is 13.1 Å². The third-order valence-corrected chi connectivity index (χ3v) is 2.03. The Hall–Kier alpha value is -0.830. The van der Waals surface area contributed by atoms with E-state index in [4.69, 9.17) is 4.42 Å². The van der Waals surface area contributed by atoms with E-state index in [0.29, 0.717) is 0 Å². The number of aryl methyl sites for hydroxylation is 1. The van der Waals surface area contributed by atoms with Crippen LogP contribution in [0.3, 0.4) is 0 Å². The molecule has 0 unspecified atom stereocenters. The van der Waals surface area contributed by atoms with E-state index in [1.54, 1.807) is 6.26 Å². The van der Waals surface area contributed by atoms with Crippen molar-refractivity contribution in [2.45, 2.75) is 13.3 Å². The Morgan fingerprint density at radius 1 is 1.73 bits per heavy atom. The lowest BCUT2D eigenvalue weighted by atomic mass is 9.98. The molecule has 2 rings (SSSR count). The number of oxazole rings is 1. The lowest BCUT2D eigenvalue weighted by Gasteiger charge is -2.25. The Morgan fingerprint density at radius 2 is 2.55 bits per heavy atom. The summed E-state index contributed by atoms with van der Waals surface area (Å²) < 4.78 is 5.10. The summed E-state index contributed by atoms with van der Waals surface area (Å²) in [6, 6.07) is 0. The van der Waals surface area contributed by atoms with Gasteiger partial charge >= 0.3 is 0 Å². The minimum absolute atomic E-state index is 0.771. The van der Waals surface area contributed by atoms with Gasteiger partial charge in [0.25, 0.3) is 0 Å². The second kappa shape index (κ2) is 2.66. The van der Waals surface area contributed by atoms with Gasteiger partial charge in [0.2, 0.25) is 0 Å². The molecule has 0 amide bonds. The minimum atomic E-state index is 0.771.